The fourth-order valence-electron chi connectivity index (χ4n) is 2.51. The van der Waals surface area contributed by atoms with E-state index < -0.39 is 0 Å². The minimum atomic E-state index is -0.173. The summed E-state index contributed by atoms with van der Waals surface area (Å²) >= 11 is 1.42. The SMILES string of the molecule is CCc1nc(C)c(C(=O)Nc2ccc(OC)c(OCc3cccnc3)c2)s1. The molecule has 6 nitrogen and oxygen atoms in total. The van der Waals surface area contributed by atoms with E-state index in [9.17, 15) is 4.79 Å². The number of carbonyl (C=O) groups is 1. The topological polar surface area (TPSA) is 73.3 Å². The number of aryl methyl sites for hydroxylation is 2. The number of benzene rings is 1. The molecule has 0 fully saturated rings. The van der Waals surface area contributed by atoms with Crippen LogP contribution in [0.5, 0.6) is 11.5 Å². The maximum absolute atomic E-state index is 12.6. The molecule has 0 bridgehead atoms. The molecule has 0 saturated heterocycles. The number of nitrogens with zero attached hydrogens (tertiary/aromatic N) is 2. The summed E-state index contributed by atoms with van der Waals surface area (Å²) in [6.45, 7) is 4.23. The second kappa shape index (κ2) is 8.64. The monoisotopic (exact) mass is 383 g/mol. The predicted octanol–water partition coefficient (Wildman–Crippen LogP) is 4.25. The van der Waals surface area contributed by atoms with Crippen LogP contribution in [0, 0.1) is 6.92 Å². The lowest BCUT2D eigenvalue weighted by Crippen LogP contribution is -2.11. The van der Waals surface area contributed by atoms with Crippen LogP contribution in [0.4, 0.5) is 5.69 Å². The van der Waals surface area contributed by atoms with Gasteiger partial charge in [0.15, 0.2) is 11.5 Å². The smallest absolute Gasteiger partial charge is 0.267 e. The van der Waals surface area contributed by atoms with Crippen LogP contribution < -0.4 is 14.8 Å². The Balaban J connectivity index is 1.75. The number of aromatic nitrogens is 2. The van der Waals surface area contributed by atoms with E-state index in [2.05, 4.69) is 15.3 Å². The van der Waals surface area contributed by atoms with Crippen LogP contribution in [0.15, 0.2) is 42.7 Å². The van der Waals surface area contributed by atoms with Gasteiger partial charge in [0.05, 0.1) is 17.8 Å². The molecule has 0 aliphatic heterocycles. The first kappa shape index (κ1) is 18.8. The lowest BCUT2D eigenvalue weighted by Gasteiger charge is -2.13. The van der Waals surface area contributed by atoms with Crippen molar-refractivity contribution in [1.29, 1.82) is 0 Å². The molecule has 27 heavy (non-hydrogen) atoms. The maximum atomic E-state index is 12.6. The number of nitrogens with one attached hydrogen (secondary N) is 1. The molecule has 2 heterocycles. The Morgan fingerprint density at radius 3 is 2.78 bits per heavy atom. The number of ether oxygens (including phenoxy) is 2. The highest BCUT2D eigenvalue weighted by Gasteiger charge is 2.16. The highest BCUT2D eigenvalue weighted by Crippen LogP contribution is 2.31. The van der Waals surface area contributed by atoms with E-state index in [-0.39, 0.29) is 5.91 Å². The number of carbonyl (C=O) groups excluding carboxylic acids is 1. The molecule has 1 N–H and O–H groups in total. The summed E-state index contributed by atoms with van der Waals surface area (Å²) in [5.41, 5.74) is 2.32. The second-order valence-corrected chi connectivity index (χ2v) is 6.93. The van der Waals surface area contributed by atoms with Gasteiger partial charge in [-0.25, -0.2) is 4.98 Å². The zero-order valence-electron chi connectivity index (χ0n) is 15.5. The number of rotatable bonds is 7. The minimum absolute atomic E-state index is 0.173. The lowest BCUT2D eigenvalue weighted by molar-refractivity contribution is 0.103. The van der Waals surface area contributed by atoms with Gasteiger partial charge in [-0.05, 0) is 31.5 Å². The van der Waals surface area contributed by atoms with Crippen LogP contribution in [0.25, 0.3) is 0 Å². The van der Waals surface area contributed by atoms with E-state index in [4.69, 9.17) is 9.47 Å². The number of methoxy groups -OCH3 is 1. The van der Waals surface area contributed by atoms with E-state index in [1.54, 1.807) is 37.7 Å². The van der Waals surface area contributed by atoms with Crippen molar-refractivity contribution in [3.8, 4) is 11.5 Å². The van der Waals surface area contributed by atoms with Crippen molar-refractivity contribution in [2.24, 2.45) is 0 Å². The number of pyridine rings is 1. The molecule has 140 valence electrons. The van der Waals surface area contributed by atoms with Crippen LogP contribution in [0.3, 0.4) is 0 Å². The molecule has 0 aliphatic carbocycles. The second-order valence-electron chi connectivity index (χ2n) is 5.85. The largest absolute Gasteiger partial charge is 0.493 e. The van der Waals surface area contributed by atoms with Crippen LogP contribution in [0.2, 0.25) is 0 Å². The van der Waals surface area contributed by atoms with Gasteiger partial charge >= 0.3 is 0 Å². The first-order valence-corrected chi connectivity index (χ1v) is 9.39. The Morgan fingerprint density at radius 1 is 1.26 bits per heavy atom. The molecular formula is C20H21N3O3S. The zero-order chi connectivity index (χ0) is 19.2. The fraction of sp³-hybridized carbons (Fsp3) is 0.250. The number of thiazole rings is 1. The summed E-state index contributed by atoms with van der Waals surface area (Å²) in [7, 11) is 1.58. The predicted molar refractivity (Wildman–Crippen MR) is 106 cm³/mol. The third-order valence-corrected chi connectivity index (χ3v) is 5.19. The van der Waals surface area contributed by atoms with Gasteiger partial charge in [0.2, 0.25) is 0 Å². The van der Waals surface area contributed by atoms with E-state index in [1.807, 2.05) is 26.0 Å². The van der Waals surface area contributed by atoms with Gasteiger partial charge in [-0.1, -0.05) is 13.0 Å². The molecule has 0 atom stereocenters. The van der Waals surface area contributed by atoms with Gasteiger partial charge in [0.1, 0.15) is 11.5 Å². The first-order chi connectivity index (χ1) is 13.1. The number of amides is 1. The van der Waals surface area contributed by atoms with Crippen LogP contribution >= 0.6 is 11.3 Å². The van der Waals surface area contributed by atoms with E-state index in [0.717, 1.165) is 22.7 Å². The van der Waals surface area contributed by atoms with E-state index >= 15 is 0 Å². The average molecular weight is 383 g/mol. The lowest BCUT2D eigenvalue weighted by atomic mass is 10.2. The van der Waals surface area contributed by atoms with Gasteiger partial charge in [0, 0.05) is 29.7 Å². The molecule has 0 aliphatic rings. The Bertz CT molecular complexity index is 925. The van der Waals surface area contributed by atoms with Gasteiger partial charge in [-0.2, -0.15) is 0 Å². The van der Waals surface area contributed by atoms with E-state index in [0.29, 0.717) is 28.7 Å². The number of hydrogen-bond acceptors (Lipinski definition) is 6. The number of hydrogen-bond donors (Lipinski definition) is 1. The van der Waals surface area contributed by atoms with Crippen molar-refractivity contribution in [3.05, 3.63) is 63.9 Å². The molecular weight excluding hydrogens is 362 g/mol. The molecule has 0 radical (unpaired) electrons. The van der Waals surface area contributed by atoms with Crippen LogP contribution in [-0.4, -0.2) is 23.0 Å². The number of anilines is 1. The summed E-state index contributed by atoms with van der Waals surface area (Å²) in [6.07, 6.45) is 4.27. The van der Waals surface area contributed by atoms with E-state index in [1.165, 1.54) is 11.3 Å². The average Bonchev–Trinajstić information content (AvgIpc) is 3.08. The Kier molecular flexibility index (Phi) is 6.03. The third-order valence-electron chi connectivity index (χ3n) is 3.89. The fourth-order valence-corrected chi connectivity index (χ4v) is 3.41. The van der Waals surface area contributed by atoms with Gasteiger partial charge in [-0.3, -0.25) is 9.78 Å². The summed E-state index contributed by atoms with van der Waals surface area (Å²) in [6, 6.07) is 9.09. The first-order valence-electron chi connectivity index (χ1n) is 8.58. The quantitative estimate of drug-likeness (QED) is 0.660. The summed E-state index contributed by atoms with van der Waals surface area (Å²) in [4.78, 5) is 21.7. The molecule has 3 rings (SSSR count). The molecule has 0 saturated carbocycles. The summed E-state index contributed by atoms with van der Waals surface area (Å²) in [5, 5.41) is 3.86. The van der Waals surface area contributed by atoms with Crippen molar-refractivity contribution in [1.82, 2.24) is 9.97 Å². The Morgan fingerprint density at radius 2 is 2.11 bits per heavy atom. The molecule has 0 spiro atoms. The van der Waals surface area contributed by atoms with Crippen LogP contribution in [-0.2, 0) is 13.0 Å². The van der Waals surface area contributed by atoms with Gasteiger partial charge in [0.25, 0.3) is 5.91 Å². The molecule has 3 aromatic rings. The molecule has 2 aromatic heterocycles. The Hall–Kier alpha value is -2.93. The van der Waals surface area contributed by atoms with Crippen molar-refractivity contribution in [2.75, 3.05) is 12.4 Å². The highest BCUT2D eigenvalue weighted by molar-refractivity contribution is 7.13. The third kappa shape index (κ3) is 4.62. The maximum Gasteiger partial charge on any atom is 0.267 e. The highest BCUT2D eigenvalue weighted by atomic mass is 32.1. The normalized spacial score (nSPS) is 10.5. The van der Waals surface area contributed by atoms with Crippen molar-refractivity contribution in [2.45, 2.75) is 26.9 Å². The standard InChI is InChI=1S/C20H21N3O3S/c1-4-18-22-13(2)19(27-18)20(24)23-15-7-8-16(25-3)17(10-15)26-12-14-6-5-9-21-11-14/h5-11H,4,12H2,1-3H3,(H,23,24). The minimum Gasteiger partial charge on any atom is -0.493 e. The van der Waals surface area contributed by atoms with Crippen molar-refractivity contribution < 1.29 is 14.3 Å². The summed E-state index contributed by atoms with van der Waals surface area (Å²) in [5.74, 6) is 0.974. The van der Waals surface area contributed by atoms with Crippen LogP contribution in [0.1, 0.15) is 32.9 Å². The summed E-state index contributed by atoms with van der Waals surface area (Å²) < 4.78 is 11.2. The van der Waals surface area contributed by atoms with Crippen molar-refractivity contribution >= 4 is 22.9 Å². The molecule has 7 heteroatoms. The van der Waals surface area contributed by atoms with Gasteiger partial charge in [-0.15, -0.1) is 11.3 Å². The molecule has 1 aromatic carbocycles. The van der Waals surface area contributed by atoms with Crippen molar-refractivity contribution in [3.63, 3.8) is 0 Å². The van der Waals surface area contributed by atoms with Gasteiger partial charge < -0.3 is 14.8 Å². The molecule has 1 amide bonds. The molecule has 0 unspecified atom stereocenters. The zero-order valence-corrected chi connectivity index (χ0v) is 16.3. The Labute approximate surface area is 162 Å².